The first-order valence-electron chi connectivity index (χ1n) is 3.25. The average molecular weight is 149 g/mol. The second-order valence-corrected chi connectivity index (χ2v) is 2.32. The average Bonchev–Trinajstić information content (AvgIpc) is 2.30. The molecule has 0 atom stereocenters. The lowest BCUT2D eigenvalue weighted by Gasteiger charge is -1.84. The molecule has 0 unspecified atom stereocenters. The van der Waals surface area contributed by atoms with E-state index in [4.69, 9.17) is 15.3 Å². The molecule has 2 aromatic rings. The van der Waals surface area contributed by atoms with Crippen LogP contribution in [0.1, 0.15) is 0 Å². The summed E-state index contributed by atoms with van der Waals surface area (Å²) in [6, 6.07) is 7.22. The van der Waals surface area contributed by atoms with Crippen LogP contribution in [-0.4, -0.2) is 5.11 Å². The Morgan fingerprint density at radius 2 is 2.00 bits per heavy atom. The Morgan fingerprint density at radius 1 is 1.27 bits per heavy atom. The maximum Gasteiger partial charge on any atom is 0.307 e. The second-order valence-electron chi connectivity index (χ2n) is 2.32. The quantitative estimate of drug-likeness (QED) is 0.599. The highest BCUT2D eigenvalue weighted by molar-refractivity contribution is 5.92. The van der Waals surface area contributed by atoms with Gasteiger partial charge in [-0.3, -0.25) is 0 Å². The molecular formula is C8H7NO2. The summed E-state index contributed by atoms with van der Waals surface area (Å²) in [4.78, 5) is 0. The summed E-state index contributed by atoms with van der Waals surface area (Å²) in [5, 5.41) is 9.81. The molecule has 3 N–H and O–H groups in total. The van der Waals surface area contributed by atoms with Crippen LogP contribution in [0.3, 0.4) is 0 Å². The van der Waals surface area contributed by atoms with Gasteiger partial charge >= 0.3 is 5.95 Å². The summed E-state index contributed by atoms with van der Waals surface area (Å²) in [6.45, 7) is 0. The molecule has 0 fully saturated rings. The predicted octanol–water partition coefficient (Wildman–Crippen LogP) is 1.72. The third kappa shape index (κ3) is 0.741. The van der Waals surface area contributed by atoms with Crippen molar-refractivity contribution in [2.24, 2.45) is 0 Å². The number of anilines is 1. The molecule has 0 saturated heterocycles. The first-order chi connectivity index (χ1) is 5.29. The van der Waals surface area contributed by atoms with Gasteiger partial charge in [0.2, 0.25) is 0 Å². The predicted molar refractivity (Wildman–Crippen MR) is 42.3 cm³/mol. The van der Waals surface area contributed by atoms with Crippen LogP contribution in [0.2, 0.25) is 0 Å². The van der Waals surface area contributed by atoms with Crippen molar-refractivity contribution in [3.05, 3.63) is 24.3 Å². The summed E-state index contributed by atoms with van der Waals surface area (Å²) in [6.07, 6.45) is 0. The minimum atomic E-state index is -0.203. The highest BCUT2D eigenvalue weighted by Crippen LogP contribution is 2.32. The Balaban J connectivity index is 2.92. The third-order valence-corrected chi connectivity index (χ3v) is 1.61. The maximum absolute atomic E-state index is 9.05. The van der Waals surface area contributed by atoms with Crippen molar-refractivity contribution in [2.45, 2.75) is 0 Å². The number of benzene rings is 1. The Morgan fingerprint density at radius 3 is 2.73 bits per heavy atom. The molecule has 0 aliphatic heterocycles. The summed E-state index contributed by atoms with van der Waals surface area (Å²) in [5.41, 5.74) is 6.41. The van der Waals surface area contributed by atoms with Crippen LogP contribution in [0.15, 0.2) is 28.7 Å². The molecule has 0 saturated carbocycles. The zero-order valence-corrected chi connectivity index (χ0v) is 5.74. The fourth-order valence-electron chi connectivity index (χ4n) is 1.05. The topological polar surface area (TPSA) is 59.4 Å². The van der Waals surface area contributed by atoms with Gasteiger partial charge in [-0.25, -0.2) is 0 Å². The van der Waals surface area contributed by atoms with Crippen molar-refractivity contribution in [1.82, 2.24) is 0 Å². The van der Waals surface area contributed by atoms with Crippen molar-refractivity contribution < 1.29 is 9.52 Å². The van der Waals surface area contributed by atoms with Gasteiger partial charge in [-0.2, -0.15) is 0 Å². The van der Waals surface area contributed by atoms with E-state index in [-0.39, 0.29) is 5.95 Å². The van der Waals surface area contributed by atoms with Crippen LogP contribution in [0, 0.1) is 0 Å². The summed E-state index contributed by atoms with van der Waals surface area (Å²) in [5.74, 6) is -0.203. The van der Waals surface area contributed by atoms with Gasteiger partial charge in [-0.1, -0.05) is 12.1 Å². The molecule has 0 aliphatic rings. The van der Waals surface area contributed by atoms with Gasteiger partial charge in [-0.05, 0) is 12.1 Å². The zero-order valence-electron chi connectivity index (χ0n) is 5.74. The molecule has 1 heterocycles. The van der Waals surface area contributed by atoms with Gasteiger partial charge in [0.25, 0.3) is 0 Å². The molecule has 0 spiro atoms. The van der Waals surface area contributed by atoms with Gasteiger partial charge in [0.15, 0.2) is 0 Å². The van der Waals surface area contributed by atoms with Crippen molar-refractivity contribution in [3.8, 4) is 5.95 Å². The fourth-order valence-corrected chi connectivity index (χ4v) is 1.05. The fraction of sp³-hybridized carbons (Fsp3) is 0. The smallest absolute Gasteiger partial charge is 0.307 e. The number of fused-ring (bicyclic) bond motifs is 1. The SMILES string of the molecule is Nc1c(O)oc2ccccc12. The Bertz CT molecular complexity index is 392. The molecule has 56 valence electrons. The largest absolute Gasteiger partial charge is 0.479 e. The number of furan rings is 1. The van der Waals surface area contributed by atoms with E-state index in [9.17, 15) is 0 Å². The summed E-state index contributed by atoms with van der Waals surface area (Å²) in [7, 11) is 0. The molecule has 3 nitrogen and oxygen atoms in total. The number of hydrogen-bond donors (Lipinski definition) is 2. The highest BCUT2D eigenvalue weighted by Gasteiger charge is 2.07. The Labute approximate surface area is 63.0 Å². The lowest BCUT2D eigenvalue weighted by Crippen LogP contribution is -1.80. The Hall–Kier alpha value is -1.64. The normalized spacial score (nSPS) is 10.5. The molecule has 0 amide bonds. The standard InChI is InChI=1S/C8H7NO2/c9-7-5-3-1-2-4-6(5)11-8(7)10/h1-4,10H,9H2. The van der Waals surface area contributed by atoms with E-state index < -0.39 is 0 Å². The van der Waals surface area contributed by atoms with E-state index in [2.05, 4.69) is 0 Å². The highest BCUT2D eigenvalue weighted by atomic mass is 16.5. The molecule has 1 aromatic carbocycles. The number of nitrogen functional groups attached to an aromatic ring is 1. The molecule has 3 heteroatoms. The van der Waals surface area contributed by atoms with Gasteiger partial charge in [-0.15, -0.1) is 0 Å². The van der Waals surface area contributed by atoms with Crippen molar-refractivity contribution in [3.63, 3.8) is 0 Å². The number of rotatable bonds is 0. The molecule has 0 aliphatic carbocycles. The number of aromatic hydroxyl groups is 1. The lowest BCUT2D eigenvalue weighted by molar-refractivity contribution is 0.349. The van der Waals surface area contributed by atoms with Gasteiger partial charge in [0.1, 0.15) is 11.3 Å². The molecule has 0 radical (unpaired) electrons. The first kappa shape index (κ1) is 6.09. The van der Waals surface area contributed by atoms with Crippen molar-refractivity contribution >= 4 is 16.7 Å². The number of hydrogen-bond acceptors (Lipinski definition) is 3. The number of nitrogens with two attached hydrogens (primary N) is 1. The van der Waals surface area contributed by atoms with Crippen LogP contribution in [0.4, 0.5) is 5.69 Å². The minimum Gasteiger partial charge on any atom is -0.479 e. The number of para-hydroxylation sites is 1. The molecule has 0 bridgehead atoms. The first-order valence-corrected chi connectivity index (χ1v) is 3.25. The summed E-state index contributed by atoms with van der Waals surface area (Å²) >= 11 is 0. The molecular weight excluding hydrogens is 142 g/mol. The molecule has 1 aromatic heterocycles. The molecule has 11 heavy (non-hydrogen) atoms. The Kier molecular flexibility index (Phi) is 1.06. The maximum atomic E-state index is 9.05. The minimum absolute atomic E-state index is 0.203. The van der Waals surface area contributed by atoms with Gasteiger partial charge < -0.3 is 15.3 Å². The van der Waals surface area contributed by atoms with Crippen molar-refractivity contribution in [1.29, 1.82) is 0 Å². The van der Waals surface area contributed by atoms with Gasteiger partial charge in [0, 0.05) is 5.39 Å². The van der Waals surface area contributed by atoms with Crippen LogP contribution < -0.4 is 5.73 Å². The van der Waals surface area contributed by atoms with E-state index >= 15 is 0 Å². The summed E-state index contributed by atoms with van der Waals surface area (Å²) < 4.78 is 4.93. The van der Waals surface area contributed by atoms with Crippen molar-refractivity contribution in [2.75, 3.05) is 5.73 Å². The van der Waals surface area contributed by atoms with E-state index in [0.717, 1.165) is 5.39 Å². The molecule has 2 rings (SSSR count). The van der Waals surface area contributed by atoms with E-state index in [1.165, 1.54) is 0 Å². The lowest BCUT2D eigenvalue weighted by atomic mass is 10.2. The van der Waals surface area contributed by atoms with Gasteiger partial charge in [0.05, 0.1) is 0 Å². The van der Waals surface area contributed by atoms with E-state index in [0.29, 0.717) is 11.3 Å². The van der Waals surface area contributed by atoms with E-state index in [1.54, 1.807) is 12.1 Å². The second kappa shape index (κ2) is 1.92. The van der Waals surface area contributed by atoms with Crippen LogP contribution in [-0.2, 0) is 0 Å². The third-order valence-electron chi connectivity index (χ3n) is 1.61. The van der Waals surface area contributed by atoms with Crippen LogP contribution in [0.25, 0.3) is 11.0 Å². The van der Waals surface area contributed by atoms with Crippen LogP contribution in [0.5, 0.6) is 5.95 Å². The monoisotopic (exact) mass is 149 g/mol. The van der Waals surface area contributed by atoms with E-state index in [1.807, 2.05) is 12.1 Å². The zero-order chi connectivity index (χ0) is 7.84. The van der Waals surface area contributed by atoms with Crippen LogP contribution >= 0.6 is 0 Å².